The number of para-hydroxylation sites is 2. The van der Waals surface area contributed by atoms with E-state index in [-0.39, 0.29) is 12.1 Å². The van der Waals surface area contributed by atoms with Crippen molar-refractivity contribution in [1.82, 2.24) is 14.9 Å². The van der Waals surface area contributed by atoms with Crippen LogP contribution in [0.4, 0.5) is 4.39 Å². The summed E-state index contributed by atoms with van der Waals surface area (Å²) in [5, 5.41) is 2.85. The summed E-state index contributed by atoms with van der Waals surface area (Å²) in [7, 11) is 0. The van der Waals surface area contributed by atoms with Crippen molar-refractivity contribution in [2.45, 2.75) is 110 Å². The van der Waals surface area contributed by atoms with Crippen molar-refractivity contribution >= 4 is 16.9 Å². The largest absolute Gasteiger partial charge is 0.345 e. The summed E-state index contributed by atoms with van der Waals surface area (Å²) in [6.07, 6.45) is 18.7. The molecule has 36 heavy (non-hydrogen) atoms. The van der Waals surface area contributed by atoms with E-state index in [1.807, 2.05) is 18.2 Å². The van der Waals surface area contributed by atoms with Gasteiger partial charge in [-0.15, -0.1) is 0 Å². The van der Waals surface area contributed by atoms with Gasteiger partial charge in [0.15, 0.2) is 0 Å². The van der Waals surface area contributed by atoms with Gasteiger partial charge in [0.1, 0.15) is 11.6 Å². The number of rotatable bonds is 18. The van der Waals surface area contributed by atoms with Gasteiger partial charge in [-0.2, -0.15) is 0 Å². The Labute approximate surface area is 216 Å². The average Bonchev–Trinajstić information content (AvgIpc) is 3.25. The predicted octanol–water partition coefficient (Wildman–Crippen LogP) is 8.59. The number of fused-ring (bicyclic) bond motifs is 1. The van der Waals surface area contributed by atoms with Gasteiger partial charge in [0.2, 0.25) is 0 Å². The lowest BCUT2D eigenvalue weighted by molar-refractivity contribution is 0.0945. The monoisotopic (exact) mass is 493 g/mol. The van der Waals surface area contributed by atoms with Crippen molar-refractivity contribution in [3.05, 3.63) is 65.7 Å². The molecule has 0 saturated carbocycles. The number of hydrogen-bond acceptors (Lipinski definition) is 2. The minimum atomic E-state index is -0.508. The van der Waals surface area contributed by atoms with Crippen LogP contribution in [0.1, 0.15) is 113 Å². The number of carbonyl (C=O) groups is 1. The molecule has 0 bridgehead atoms. The quantitative estimate of drug-likeness (QED) is 0.180. The van der Waals surface area contributed by atoms with Gasteiger partial charge in [-0.3, -0.25) is 4.79 Å². The molecule has 1 amide bonds. The number of aryl methyl sites for hydroxylation is 1. The number of hydrogen-bond donors (Lipinski definition) is 1. The van der Waals surface area contributed by atoms with Crippen molar-refractivity contribution in [3.63, 3.8) is 0 Å². The number of benzene rings is 2. The fourth-order valence-corrected chi connectivity index (χ4v) is 4.87. The molecule has 2 aromatic carbocycles. The van der Waals surface area contributed by atoms with Crippen molar-refractivity contribution in [1.29, 1.82) is 0 Å². The Balaban J connectivity index is 1.36. The maximum atomic E-state index is 14.0. The van der Waals surface area contributed by atoms with Gasteiger partial charge in [-0.1, -0.05) is 115 Å². The van der Waals surface area contributed by atoms with Crippen LogP contribution in [0.3, 0.4) is 0 Å². The second kappa shape index (κ2) is 16.1. The first-order chi connectivity index (χ1) is 17.7. The van der Waals surface area contributed by atoms with E-state index < -0.39 is 11.7 Å². The van der Waals surface area contributed by atoms with E-state index in [1.165, 1.54) is 95.6 Å². The Morgan fingerprint density at radius 2 is 1.33 bits per heavy atom. The van der Waals surface area contributed by atoms with Crippen LogP contribution in [0, 0.1) is 5.82 Å². The summed E-state index contributed by atoms with van der Waals surface area (Å²) in [5.41, 5.74) is 2.08. The number of amides is 1. The van der Waals surface area contributed by atoms with E-state index in [2.05, 4.69) is 22.9 Å². The number of unbranched alkanes of at least 4 members (excludes halogenated alkanes) is 13. The zero-order chi connectivity index (χ0) is 25.4. The first-order valence-electron chi connectivity index (χ1n) is 14.2. The molecule has 3 aromatic rings. The molecular formula is C31H44FN3O. The highest BCUT2D eigenvalue weighted by molar-refractivity contribution is 5.94. The van der Waals surface area contributed by atoms with Crippen LogP contribution in [-0.4, -0.2) is 15.5 Å². The minimum Gasteiger partial charge on any atom is -0.345 e. The van der Waals surface area contributed by atoms with Gasteiger partial charge in [0.25, 0.3) is 5.91 Å². The molecule has 0 aliphatic heterocycles. The van der Waals surface area contributed by atoms with Crippen LogP contribution in [-0.2, 0) is 13.1 Å². The Morgan fingerprint density at radius 1 is 0.778 bits per heavy atom. The van der Waals surface area contributed by atoms with Crippen molar-refractivity contribution in [2.75, 3.05) is 0 Å². The molecular weight excluding hydrogens is 449 g/mol. The molecule has 1 heterocycles. The number of imidazole rings is 1. The predicted molar refractivity (Wildman–Crippen MR) is 148 cm³/mol. The molecule has 0 aliphatic carbocycles. The fourth-order valence-electron chi connectivity index (χ4n) is 4.87. The first-order valence-corrected chi connectivity index (χ1v) is 14.2. The molecule has 0 unspecified atom stereocenters. The maximum absolute atomic E-state index is 14.0. The lowest BCUT2D eigenvalue weighted by Gasteiger charge is -2.11. The SMILES string of the molecule is CCCCCCCCCCCCCCCCn1c(CNC(=O)c2ccccc2F)nc2ccccc21. The van der Waals surface area contributed by atoms with E-state index in [4.69, 9.17) is 4.98 Å². The van der Waals surface area contributed by atoms with Gasteiger partial charge in [-0.05, 0) is 30.7 Å². The van der Waals surface area contributed by atoms with E-state index in [9.17, 15) is 9.18 Å². The zero-order valence-electron chi connectivity index (χ0n) is 22.1. The molecule has 0 aliphatic rings. The van der Waals surface area contributed by atoms with Crippen molar-refractivity contribution < 1.29 is 9.18 Å². The third kappa shape index (κ3) is 9.07. The number of nitrogens with zero attached hydrogens (tertiary/aromatic N) is 2. The van der Waals surface area contributed by atoms with Crippen molar-refractivity contribution in [2.24, 2.45) is 0 Å². The van der Waals surface area contributed by atoms with Gasteiger partial charge >= 0.3 is 0 Å². The zero-order valence-corrected chi connectivity index (χ0v) is 22.1. The summed E-state index contributed by atoms with van der Waals surface area (Å²) in [5.74, 6) is -0.107. The lowest BCUT2D eigenvalue weighted by Crippen LogP contribution is -2.25. The second-order valence-electron chi connectivity index (χ2n) is 9.93. The Morgan fingerprint density at radius 3 is 1.97 bits per heavy atom. The topological polar surface area (TPSA) is 46.9 Å². The third-order valence-electron chi connectivity index (χ3n) is 6.99. The van der Waals surface area contributed by atoms with Crippen molar-refractivity contribution in [3.8, 4) is 0 Å². The second-order valence-corrected chi connectivity index (χ2v) is 9.93. The molecule has 0 radical (unpaired) electrons. The number of halogens is 1. The Kier molecular flexibility index (Phi) is 12.5. The molecule has 196 valence electrons. The number of aromatic nitrogens is 2. The standard InChI is InChI=1S/C31H44FN3O/c1-2-3-4-5-6-7-8-9-10-11-12-13-14-19-24-35-29-23-18-17-22-28(29)34-30(35)25-33-31(36)26-20-15-16-21-27(26)32/h15-18,20-23H,2-14,19,24-25H2,1H3,(H,33,36). The fraction of sp³-hybridized carbons (Fsp3) is 0.548. The molecule has 0 fully saturated rings. The molecule has 1 N–H and O–H groups in total. The Hall–Kier alpha value is -2.69. The van der Waals surface area contributed by atoms with E-state index >= 15 is 0 Å². The number of carbonyl (C=O) groups excluding carboxylic acids is 1. The normalized spacial score (nSPS) is 11.3. The van der Waals surface area contributed by atoms with E-state index in [1.54, 1.807) is 12.1 Å². The van der Waals surface area contributed by atoms with Gasteiger partial charge in [0.05, 0.1) is 23.1 Å². The van der Waals surface area contributed by atoms with Crippen LogP contribution in [0.2, 0.25) is 0 Å². The van der Waals surface area contributed by atoms with Crippen LogP contribution in [0.5, 0.6) is 0 Å². The van der Waals surface area contributed by atoms with Gasteiger partial charge in [0, 0.05) is 6.54 Å². The molecule has 0 atom stereocenters. The summed E-state index contributed by atoms with van der Waals surface area (Å²) >= 11 is 0. The molecule has 5 heteroatoms. The minimum absolute atomic E-state index is 0.0622. The first kappa shape index (κ1) is 27.9. The van der Waals surface area contributed by atoms with Crippen LogP contribution < -0.4 is 5.32 Å². The molecule has 1 aromatic heterocycles. The summed E-state index contributed by atoms with van der Waals surface area (Å²) in [6.45, 7) is 3.43. The third-order valence-corrected chi connectivity index (χ3v) is 6.99. The highest BCUT2D eigenvalue weighted by Gasteiger charge is 2.14. The molecule has 4 nitrogen and oxygen atoms in total. The highest BCUT2D eigenvalue weighted by Crippen LogP contribution is 2.19. The smallest absolute Gasteiger partial charge is 0.254 e. The molecule has 0 spiro atoms. The van der Waals surface area contributed by atoms with Gasteiger partial charge < -0.3 is 9.88 Å². The summed E-state index contributed by atoms with van der Waals surface area (Å²) in [4.78, 5) is 17.2. The highest BCUT2D eigenvalue weighted by atomic mass is 19.1. The van der Waals surface area contributed by atoms with E-state index in [0.717, 1.165) is 29.8 Å². The summed E-state index contributed by atoms with van der Waals surface area (Å²) in [6, 6.07) is 14.1. The number of nitrogens with one attached hydrogen (secondary N) is 1. The molecule has 3 rings (SSSR count). The van der Waals surface area contributed by atoms with Crippen LogP contribution in [0.15, 0.2) is 48.5 Å². The molecule has 0 saturated heterocycles. The Bertz CT molecular complexity index is 1050. The van der Waals surface area contributed by atoms with Gasteiger partial charge in [-0.25, -0.2) is 9.37 Å². The van der Waals surface area contributed by atoms with Crippen LogP contribution in [0.25, 0.3) is 11.0 Å². The average molecular weight is 494 g/mol. The summed E-state index contributed by atoms with van der Waals surface area (Å²) < 4.78 is 16.2. The maximum Gasteiger partial charge on any atom is 0.254 e. The van der Waals surface area contributed by atoms with E-state index in [0.29, 0.717) is 0 Å². The lowest BCUT2D eigenvalue weighted by atomic mass is 10.0. The van der Waals surface area contributed by atoms with Crippen LogP contribution >= 0.6 is 0 Å².